The minimum atomic E-state index is 0.209. The van der Waals surface area contributed by atoms with Gasteiger partial charge in [0.15, 0.2) is 0 Å². The predicted octanol–water partition coefficient (Wildman–Crippen LogP) is 7.22. The zero-order valence-corrected chi connectivity index (χ0v) is 16.2. The fraction of sp³-hybridized carbons (Fsp3) is 0.125. The lowest BCUT2D eigenvalue weighted by molar-refractivity contribution is 1.24. The highest BCUT2D eigenvalue weighted by atomic mass is 79.9. The molecule has 0 nitrogen and oxygen atoms in total. The van der Waals surface area contributed by atoms with Gasteiger partial charge in [-0.3, -0.25) is 0 Å². The molecule has 4 heteroatoms. The second kappa shape index (κ2) is 5.91. The number of hydrogen-bond acceptors (Lipinski definition) is 1. The van der Waals surface area contributed by atoms with E-state index in [9.17, 15) is 0 Å². The Labute approximate surface area is 147 Å². The molecule has 0 radical (unpaired) electrons. The minimum absolute atomic E-state index is 0.209. The van der Waals surface area contributed by atoms with Crippen molar-refractivity contribution in [3.63, 3.8) is 0 Å². The molecule has 3 aromatic rings. The standard InChI is InChI=1S/C16H11Br3S/c1-9-6-7-12(11-5-3-2-4-10(9)11)15(18)14-8-13(17)16(19)20-14/h2-8,15H,1H3. The summed E-state index contributed by atoms with van der Waals surface area (Å²) in [6.45, 7) is 2.16. The molecular formula is C16H11Br3S. The number of thiophene rings is 1. The van der Waals surface area contributed by atoms with Crippen molar-refractivity contribution in [1.29, 1.82) is 0 Å². The summed E-state index contributed by atoms with van der Waals surface area (Å²) in [6.07, 6.45) is 0. The SMILES string of the molecule is Cc1ccc(C(Br)c2cc(Br)c(Br)s2)c2ccccc12. The van der Waals surface area contributed by atoms with Crippen LogP contribution in [-0.2, 0) is 0 Å². The van der Waals surface area contributed by atoms with Crippen LogP contribution in [0.2, 0.25) is 0 Å². The second-order valence-corrected chi connectivity index (χ2v) is 8.82. The Morgan fingerprint density at radius 2 is 1.70 bits per heavy atom. The highest BCUT2D eigenvalue weighted by Gasteiger charge is 2.17. The van der Waals surface area contributed by atoms with Gasteiger partial charge in [-0.05, 0) is 66.7 Å². The maximum atomic E-state index is 3.86. The molecule has 1 atom stereocenters. The number of rotatable bonds is 2. The first-order chi connectivity index (χ1) is 9.58. The van der Waals surface area contributed by atoms with Crippen molar-refractivity contribution in [2.24, 2.45) is 0 Å². The number of aryl methyl sites for hydroxylation is 1. The van der Waals surface area contributed by atoms with E-state index in [1.165, 1.54) is 26.8 Å². The molecule has 0 spiro atoms. The van der Waals surface area contributed by atoms with E-state index < -0.39 is 0 Å². The van der Waals surface area contributed by atoms with Crippen LogP contribution in [0.5, 0.6) is 0 Å². The third-order valence-electron chi connectivity index (χ3n) is 3.36. The van der Waals surface area contributed by atoms with Gasteiger partial charge >= 0.3 is 0 Å². The molecule has 0 saturated carbocycles. The largest absolute Gasteiger partial charge is 0.131 e. The lowest BCUT2D eigenvalue weighted by atomic mass is 9.98. The Morgan fingerprint density at radius 1 is 1.00 bits per heavy atom. The van der Waals surface area contributed by atoms with E-state index >= 15 is 0 Å². The average molecular weight is 475 g/mol. The second-order valence-electron chi connectivity index (χ2n) is 4.65. The first-order valence-corrected chi connectivity index (χ1v) is 9.47. The van der Waals surface area contributed by atoms with Gasteiger partial charge in [-0.1, -0.05) is 52.3 Å². The minimum Gasteiger partial charge on any atom is -0.131 e. The van der Waals surface area contributed by atoms with Crippen molar-refractivity contribution in [3.8, 4) is 0 Å². The number of hydrogen-bond donors (Lipinski definition) is 0. The summed E-state index contributed by atoms with van der Waals surface area (Å²) >= 11 is 12.7. The Morgan fingerprint density at radius 3 is 2.35 bits per heavy atom. The summed E-state index contributed by atoms with van der Waals surface area (Å²) < 4.78 is 2.24. The smallest absolute Gasteiger partial charge is 0.0843 e. The van der Waals surface area contributed by atoms with E-state index in [1.54, 1.807) is 11.3 Å². The number of benzene rings is 2. The van der Waals surface area contributed by atoms with Gasteiger partial charge in [0.2, 0.25) is 0 Å². The Bertz CT molecular complexity index is 757. The van der Waals surface area contributed by atoms with Crippen molar-refractivity contribution >= 4 is 69.9 Å². The Balaban J connectivity index is 2.17. The van der Waals surface area contributed by atoms with Gasteiger partial charge in [0.1, 0.15) is 0 Å². The van der Waals surface area contributed by atoms with E-state index in [-0.39, 0.29) is 4.83 Å². The van der Waals surface area contributed by atoms with Crippen molar-refractivity contribution in [2.75, 3.05) is 0 Å². The lowest BCUT2D eigenvalue weighted by Crippen LogP contribution is -1.92. The van der Waals surface area contributed by atoms with E-state index in [4.69, 9.17) is 0 Å². The van der Waals surface area contributed by atoms with Crippen molar-refractivity contribution in [1.82, 2.24) is 0 Å². The number of alkyl halides is 1. The fourth-order valence-electron chi connectivity index (χ4n) is 2.34. The first-order valence-electron chi connectivity index (χ1n) is 6.15. The first kappa shape index (κ1) is 14.8. The zero-order chi connectivity index (χ0) is 14.3. The molecule has 0 aliphatic heterocycles. The summed E-state index contributed by atoms with van der Waals surface area (Å²) in [4.78, 5) is 1.50. The summed E-state index contributed by atoms with van der Waals surface area (Å²) in [6, 6.07) is 15.2. The van der Waals surface area contributed by atoms with Crippen LogP contribution in [0, 0.1) is 6.92 Å². The molecule has 0 saturated heterocycles. The number of fused-ring (bicyclic) bond motifs is 1. The molecule has 0 fully saturated rings. The van der Waals surface area contributed by atoms with Crippen molar-refractivity contribution < 1.29 is 0 Å². The molecule has 0 N–H and O–H groups in total. The molecule has 0 aliphatic rings. The van der Waals surface area contributed by atoms with Gasteiger partial charge in [-0.15, -0.1) is 11.3 Å². The highest BCUT2D eigenvalue weighted by Crippen LogP contribution is 2.43. The van der Waals surface area contributed by atoms with Crippen LogP contribution in [0.1, 0.15) is 20.8 Å². The van der Waals surface area contributed by atoms with Gasteiger partial charge in [-0.2, -0.15) is 0 Å². The third kappa shape index (κ3) is 2.63. The normalized spacial score (nSPS) is 12.8. The molecule has 3 rings (SSSR count). The number of halogens is 3. The van der Waals surface area contributed by atoms with Crippen LogP contribution in [0.25, 0.3) is 10.8 Å². The van der Waals surface area contributed by atoms with Crippen molar-refractivity contribution in [2.45, 2.75) is 11.8 Å². The monoisotopic (exact) mass is 472 g/mol. The average Bonchev–Trinajstić information content (AvgIpc) is 2.79. The Hall–Kier alpha value is -0.160. The van der Waals surface area contributed by atoms with Gasteiger partial charge < -0.3 is 0 Å². The van der Waals surface area contributed by atoms with Crippen LogP contribution in [-0.4, -0.2) is 0 Å². The van der Waals surface area contributed by atoms with Crippen LogP contribution in [0.4, 0.5) is 0 Å². The molecular weight excluding hydrogens is 464 g/mol. The zero-order valence-electron chi connectivity index (χ0n) is 10.7. The quantitative estimate of drug-likeness (QED) is 0.344. The predicted molar refractivity (Wildman–Crippen MR) is 99.2 cm³/mol. The molecule has 0 aliphatic carbocycles. The summed E-state index contributed by atoms with van der Waals surface area (Å²) in [5.41, 5.74) is 2.63. The highest BCUT2D eigenvalue weighted by molar-refractivity contribution is 9.13. The summed E-state index contributed by atoms with van der Waals surface area (Å²) in [5, 5.41) is 2.64. The van der Waals surface area contributed by atoms with Crippen molar-refractivity contribution in [3.05, 3.63) is 66.7 Å². The van der Waals surface area contributed by atoms with Crippen LogP contribution < -0.4 is 0 Å². The lowest BCUT2D eigenvalue weighted by Gasteiger charge is -2.13. The molecule has 2 aromatic carbocycles. The molecule has 1 heterocycles. The maximum absolute atomic E-state index is 3.86. The Kier molecular flexibility index (Phi) is 4.37. The van der Waals surface area contributed by atoms with Gasteiger partial charge in [0, 0.05) is 9.35 Å². The van der Waals surface area contributed by atoms with Gasteiger partial charge in [-0.25, -0.2) is 0 Å². The van der Waals surface area contributed by atoms with Crippen LogP contribution in [0.3, 0.4) is 0 Å². The maximum Gasteiger partial charge on any atom is 0.0843 e. The van der Waals surface area contributed by atoms with E-state index in [2.05, 4.69) is 97.2 Å². The third-order valence-corrected chi connectivity index (χ3v) is 7.97. The van der Waals surface area contributed by atoms with Gasteiger partial charge in [0.05, 0.1) is 8.61 Å². The molecule has 20 heavy (non-hydrogen) atoms. The fourth-order valence-corrected chi connectivity index (χ4v) is 5.23. The summed E-state index contributed by atoms with van der Waals surface area (Å²) in [5.74, 6) is 0. The topological polar surface area (TPSA) is 0 Å². The van der Waals surface area contributed by atoms with E-state index in [0.717, 1.165) is 8.26 Å². The van der Waals surface area contributed by atoms with Crippen LogP contribution >= 0.6 is 59.1 Å². The molecule has 1 unspecified atom stereocenters. The van der Waals surface area contributed by atoms with E-state index in [1.807, 2.05) is 0 Å². The molecule has 0 amide bonds. The van der Waals surface area contributed by atoms with Crippen LogP contribution in [0.15, 0.2) is 50.7 Å². The van der Waals surface area contributed by atoms with Gasteiger partial charge in [0.25, 0.3) is 0 Å². The van der Waals surface area contributed by atoms with E-state index in [0.29, 0.717) is 0 Å². The molecule has 0 bridgehead atoms. The summed E-state index contributed by atoms with van der Waals surface area (Å²) in [7, 11) is 0. The molecule has 1 aromatic heterocycles. The molecule has 102 valence electrons.